The molecule has 8 heteroatoms. The number of nitrogens with zero attached hydrogens (tertiary/aromatic N) is 4. The van der Waals surface area contributed by atoms with Crippen LogP contribution in [0.3, 0.4) is 0 Å². The first-order valence-corrected chi connectivity index (χ1v) is 7.41. The molecule has 8 nitrogen and oxygen atoms in total. The zero-order valence-electron chi connectivity index (χ0n) is 12.9. The van der Waals surface area contributed by atoms with E-state index in [0.717, 1.165) is 12.8 Å². The van der Waals surface area contributed by atoms with Crippen LogP contribution in [-0.2, 0) is 0 Å². The maximum Gasteiger partial charge on any atom is 0.291 e. The van der Waals surface area contributed by atoms with Crippen molar-refractivity contribution in [3.8, 4) is 17.6 Å². The highest BCUT2D eigenvalue weighted by molar-refractivity contribution is 5.59. The zero-order valence-corrected chi connectivity index (χ0v) is 12.9. The minimum atomic E-state index is -0.605. The summed E-state index contributed by atoms with van der Waals surface area (Å²) in [7, 11) is 0. The van der Waals surface area contributed by atoms with Crippen LogP contribution in [0.2, 0.25) is 0 Å². The molecule has 24 heavy (non-hydrogen) atoms. The molecular weight excluding hydrogens is 312 g/mol. The molecule has 0 unspecified atom stereocenters. The molecule has 0 N–H and O–H groups in total. The lowest BCUT2D eigenvalue weighted by Gasteiger charge is -2.17. The van der Waals surface area contributed by atoms with E-state index in [1.165, 1.54) is 12.1 Å². The molecule has 1 aliphatic carbocycles. The lowest BCUT2D eigenvalue weighted by molar-refractivity contribution is -0.385. The van der Waals surface area contributed by atoms with Gasteiger partial charge in [0.25, 0.3) is 5.69 Å². The number of ether oxygens (including phenoxy) is 2. The summed E-state index contributed by atoms with van der Waals surface area (Å²) in [6.45, 7) is 1.75. The van der Waals surface area contributed by atoms with Gasteiger partial charge < -0.3 is 9.47 Å². The van der Waals surface area contributed by atoms with E-state index in [2.05, 4.69) is 9.97 Å². The van der Waals surface area contributed by atoms with E-state index in [0.29, 0.717) is 5.82 Å². The van der Waals surface area contributed by atoms with Crippen LogP contribution in [0, 0.1) is 21.4 Å². The minimum absolute atomic E-state index is 0.0307. The summed E-state index contributed by atoms with van der Waals surface area (Å²) in [5.41, 5.74) is -0.386. The third-order valence-electron chi connectivity index (χ3n) is 3.45. The summed E-state index contributed by atoms with van der Waals surface area (Å²) in [5.74, 6) is 0.988. The molecule has 1 saturated carbocycles. The van der Waals surface area contributed by atoms with Gasteiger partial charge in [-0.2, -0.15) is 5.26 Å². The molecule has 122 valence electrons. The highest BCUT2D eigenvalue weighted by Gasteiger charge is 2.28. The van der Waals surface area contributed by atoms with Crippen LogP contribution in [0.15, 0.2) is 30.6 Å². The normalized spacial score (nSPS) is 14.5. The van der Waals surface area contributed by atoms with Crippen molar-refractivity contribution in [3.05, 3.63) is 52.1 Å². The Morgan fingerprint density at radius 2 is 2.04 bits per heavy atom. The van der Waals surface area contributed by atoms with Gasteiger partial charge in [0.2, 0.25) is 0 Å². The van der Waals surface area contributed by atoms with Crippen LogP contribution in [-0.4, -0.2) is 21.0 Å². The molecule has 1 heterocycles. The SMILES string of the molecule is C[C@H](Oc1cc(C#N)c([N+](=O)[O-])cc1OC1CC1)c1ncccn1. The number of nitro groups is 1. The van der Waals surface area contributed by atoms with E-state index >= 15 is 0 Å². The second-order valence-electron chi connectivity index (χ2n) is 5.37. The van der Waals surface area contributed by atoms with Gasteiger partial charge in [0.15, 0.2) is 23.4 Å². The summed E-state index contributed by atoms with van der Waals surface area (Å²) in [6.07, 6.45) is 4.51. The van der Waals surface area contributed by atoms with Crippen molar-refractivity contribution in [1.82, 2.24) is 9.97 Å². The van der Waals surface area contributed by atoms with Crippen LogP contribution in [0.25, 0.3) is 0 Å². The number of nitriles is 1. The summed E-state index contributed by atoms with van der Waals surface area (Å²) >= 11 is 0. The number of nitro benzene ring substituents is 1. The van der Waals surface area contributed by atoms with E-state index in [1.807, 2.05) is 6.07 Å². The molecule has 0 saturated heterocycles. The van der Waals surface area contributed by atoms with Gasteiger partial charge in [-0.05, 0) is 25.8 Å². The van der Waals surface area contributed by atoms with Crippen LogP contribution in [0.5, 0.6) is 11.5 Å². The molecule has 1 aromatic heterocycles. The molecule has 2 aromatic rings. The number of rotatable bonds is 6. The molecule has 0 spiro atoms. The van der Waals surface area contributed by atoms with Gasteiger partial charge in [0.1, 0.15) is 11.6 Å². The monoisotopic (exact) mass is 326 g/mol. The van der Waals surface area contributed by atoms with E-state index in [4.69, 9.17) is 14.7 Å². The number of hydrogen-bond acceptors (Lipinski definition) is 7. The average Bonchev–Trinajstić information content (AvgIpc) is 3.40. The van der Waals surface area contributed by atoms with Crippen molar-refractivity contribution in [2.24, 2.45) is 0 Å². The molecule has 1 aromatic carbocycles. The van der Waals surface area contributed by atoms with Gasteiger partial charge in [-0.25, -0.2) is 9.97 Å². The van der Waals surface area contributed by atoms with Gasteiger partial charge in [-0.15, -0.1) is 0 Å². The zero-order chi connectivity index (χ0) is 17.1. The minimum Gasteiger partial charge on any atom is -0.486 e. The van der Waals surface area contributed by atoms with Crippen LogP contribution in [0.1, 0.15) is 37.3 Å². The van der Waals surface area contributed by atoms with Gasteiger partial charge >= 0.3 is 0 Å². The van der Waals surface area contributed by atoms with Gasteiger partial charge in [-0.1, -0.05) is 0 Å². The van der Waals surface area contributed by atoms with E-state index < -0.39 is 11.0 Å². The first kappa shape index (κ1) is 15.7. The van der Waals surface area contributed by atoms with Crippen LogP contribution < -0.4 is 9.47 Å². The Bertz CT molecular complexity index is 800. The highest BCUT2D eigenvalue weighted by Crippen LogP contribution is 2.39. The molecule has 1 aliphatic rings. The summed E-state index contributed by atoms with van der Waals surface area (Å²) in [5, 5.41) is 20.3. The largest absolute Gasteiger partial charge is 0.486 e. The quantitative estimate of drug-likeness (QED) is 0.592. The maximum atomic E-state index is 11.1. The van der Waals surface area contributed by atoms with Crippen molar-refractivity contribution in [3.63, 3.8) is 0 Å². The van der Waals surface area contributed by atoms with Crippen LogP contribution in [0.4, 0.5) is 5.69 Å². The molecule has 0 radical (unpaired) electrons. The third-order valence-corrected chi connectivity index (χ3v) is 3.45. The Labute approximate surface area is 137 Å². The first-order chi connectivity index (χ1) is 11.6. The number of hydrogen-bond donors (Lipinski definition) is 0. The Morgan fingerprint density at radius 1 is 1.33 bits per heavy atom. The Morgan fingerprint density at radius 3 is 2.62 bits per heavy atom. The van der Waals surface area contributed by atoms with Crippen molar-refractivity contribution < 1.29 is 14.4 Å². The molecule has 0 bridgehead atoms. The van der Waals surface area contributed by atoms with E-state index in [1.54, 1.807) is 25.4 Å². The second kappa shape index (κ2) is 6.50. The van der Waals surface area contributed by atoms with Crippen molar-refractivity contribution >= 4 is 5.69 Å². The molecular formula is C16H14N4O4. The van der Waals surface area contributed by atoms with Crippen molar-refractivity contribution in [2.45, 2.75) is 32.0 Å². The van der Waals surface area contributed by atoms with Crippen LogP contribution >= 0.6 is 0 Å². The molecule has 0 aliphatic heterocycles. The summed E-state index contributed by atoms with van der Waals surface area (Å²) in [4.78, 5) is 18.8. The predicted octanol–water partition coefficient (Wildman–Crippen LogP) is 2.94. The summed E-state index contributed by atoms with van der Waals surface area (Å²) < 4.78 is 11.5. The van der Waals surface area contributed by atoms with Gasteiger partial charge in [-0.3, -0.25) is 10.1 Å². The van der Waals surface area contributed by atoms with E-state index in [9.17, 15) is 10.1 Å². The molecule has 1 fully saturated rings. The lowest BCUT2D eigenvalue weighted by Crippen LogP contribution is -2.09. The average molecular weight is 326 g/mol. The van der Waals surface area contributed by atoms with Gasteiger partial charge in [0, 0.05) is 18.5 Å². The van der Waals surface area contributed by atoms with Gasteiger partial charge in [0.05, 0.1) is 17.1 Å². The highest BCUT2D eigenvalue weighted by atomic mass is 16.6. The van der Waals surface area contributed by atoms with Crippen molar-refractivity contribution in [2.75, 3.05) is 0 Å². The summed E-state index contributed by atoms with van der Waals surface area (Å²) in [6, 6.07) is 6.08. The standard InChI is InChI=1S/C16H14N4O4/c1-10(16-18-5-2-6-19-16)23-14-7-11(9-17)13(20(21)22)8-15(14)24-12-3-4-12/h2,5-8,10,12H,3-4H2,1H3/t10-/m0/s1. The number of benzene rings is 1. The predicted molar refractivity (Wildman–Crippen MR) is 82.5 cm³/mol. The fourth-order valence-corrected chi connectivity index (χ4v) is 2.10. The maximum absolute atomic E-state index is 11.1. The second-order valence-corrected chi connectivity index (χ2v) is 5.37. The number of aromatic nitrogens is 2. The fourth-order valence-electron chi connectivity index (χ4n) is 2.10. The third kappa shape index (κ3) is 3.41. The Balaban J connectivity index is 1.95. The van der Waals surface area contributed by atoms with Crippen molar-refractivity contribution in [1.29, 1.82) is 5.26 Å². The lowest BCUT2D eigenvalue weighted by atomic mass is 10.1. The molecule has 3 rings (SSSR count). The Kier molecular flexibility index (Phi) is 4.24. The Hall–Kier alpha value is -3.21. The molecule has 1 atom stereocenters. The first-order valence-electron chi connectivity index (χ1n) is 7.41. The van der Waals surface area contributed by atoms with E-state index in [-0.39, 0.29) is 28.9 Å². The smallest absolute Gasteiger partial charge is 0.291 e. The molecule has 0 amide bonds. The fraction of sp³-hybridized carbons (Fsp3) is 0.312. The topological polar surface area (TPSA) is 111 Å².